The van der Waals surface area contributed by atoms with Gasteiger partial charge in [-0.05, 0) is 55.5 Å². The van der Waals surface area contributed by atoms with Crippen LogP contribution >= 0.6 is 11.6 Å². The molecule has 1 aliphatic rings. The van der Waals surface area contributed by atoms with Gasteiger partial charge in [0.1, 0.15) is 6.04 Å². The Morgan fingerprint density at radius 3 is 2.56 bits per heavy atom. The predicted molar refractivity (Wildman–Crippen MR) is 135 cm³/mol. The van der Waals surface area contributed by atoms with Gasteiger partial charge in [0.15, 0.2) is 0 Å². The van der Waals surface area contributed by atoms with Crippen molar-refractivity contribution in [3.63, 3.8) is 0 Å². The molecule has 0 unspecified atom stereocenters. The largest absolute Gasteiger partial charge is 0.355 e. The molecule has 1 aliphatic heterocycles. The lowest BCUT2D eigenvalue weighted by Crippen LogP contribution is -2.47. The van der Waals surface area contributed by atoms with Gasteiger partial charge < -0.3 is 15.1 Å². The molecule has 0 fully saturated rings. The summed E-state index contributed by atoms with van der Waals surface area (Å²) in [7, 11) is 0. The first kappa shape index (κ1) is 23.8. The van der Waals surface area contributed by atoms with Crippen LogP contribution in [0.5, 0.6) is 0 Å². The molecule has 4 rings (SSSR count). The molecule has 6 nitrogen and oxygen atoms in total. The van der Waals surface area contributed by atoms with Crippen LogP contribution in [0, 0.1) is 0 Å². The molecule has 3 amide bonds. The second-order valence-corrected chi connectivity index (χ2v) is 8.90. The van der Waals surface area contributed by atoms with E-state index in [1.54, 1.807) is 28.9 Å². The summed E-state index contributed by atoms with van der Waals surface area (Å²) in [6.07, 6.45) is 0.712. The SMILES string of the molecule is CCNC(=O)[C@H](C)N(Cc1cccc(Cl)c1)C(=O)CCCN1C(=O)c2cccc3cccc1c23. The van der Waals surface area contributed by atoms with Crippen LogP contribution < -0.4 is 10.2 Å². The zero-order valence-corrected chi connectivity index (χ0v) is 20.1. The van der Waals surface area contributed by atoms with Crippen molar-refractivity contribution < 1.29 is 14.4 Å². The Morgan fingerprint density at radius 2 is 1.82 bits per heavy atom. The number of anilines is 1. The van der Waals surface area contributed by atoms with E-state index in [9.17, 15) is 14.4 Å². The highest BCUT2D eigenvalue weighted by Gasteiger charge is 2.30. The summed E-state index contributed by atoms with van der Waals surface area (Å²) in [5.74, 6) is -0.374. The maximum absolute atomic E-state index is 13.3. The molecule has 7 heteroatoms. The monoisotopic (exact) mass is 477 g/mol. The zero-order valence-electron chi connectivity index (χ0n) is 19.4. The van der Waals surface area contributed by atoms with Crippen LogP contribution in [-0.2, 0) is 16.1 Å². The molecule has 1 N–H and O–H groups in total. The quantitative estimate of drug-likeness (QED) is 0.482. The highest BCUT2D eigenvalue weighted by Crippen LogP contribution is 2.37. The first-order chi connectivity index (χ1) is 16.4. The van der Waals surface area contributed by atoms with Crippen molar-refractivity contribution in [2.45, 2.75) is 39.3 Å². The van der Waals surface area contributed by atoms with E-state index in [0.717, 1.165) is 22.0 Å². The van der Waals surface area contributed by atoms with Crippen molar-refractivity contribution in [2.75, 3.05) is 18.0 Å². The molecular weight excluding hydrogens is 450 g/mol. The molecular formula is C27H28ClN3O3. The van der Waals surface area contributed by atoms with Crippen molar-refractivity contribution in [1.82, 2.24) is 10.2 Å². The van der Waals surface area contributed by atoms with E-state index in [-0.39, 0.29) is 30.7 Å². The second kappa shape index (κ2) is 10.3. The van der Waals surface area contributed by atoms with Crippen LogP contribution in [0.4, 0.5) is 5.69 Å². The standard InChI is InChI=1S/C27H28ClN3O3/c1-3-29-26(33)18(2)31(17-19-8-4-11-21(28)16-19)24(32)14-7-15-30-23-13-6-10-20-9-5-12-22(25(20)23)27(30)34/h4-6,8-13,16,18H,3,7,14-15,17H2,1-2H3,(H,29,33)/t18-/m0/s1. The predicted octanol–water partition coefficient (Wildman–Crippen LogP) is 4.79. The lowest BCUT2D eigenvalue weighted by molar-refractivity contribution is -0.140. The van der Waals surface area contributed by atoms with Crippen molar-refractivity contribution >= 4 is 45.8 Å². The summed E-state index contributed by atoms with van der Waals surface area (Å²) in [6.45, 7) is 4.78. The van der Waals surface area contributed by atoms with Crippen LogP contribution in [0.3, 0.4) is 0 Å². The van der Waals surface area contributed by atoms with E-state index < -0.39 is 6.04 Å². The number of amides is 3. The number of halogens is 1. The van der Waals surface area contributed by atoms with E-state index in [1.807, 2.05) is 55.5 Å². The number of benzene rings is 3. The van der Waals surface area contributed by atoms with Crippen LogP contribution in [-0.4, -0.2) is 41.8 Å². The summed E-state index contributed by atoms with van der Waals surface area (Å²) in [4.78, 5) is 42.1. The van der Waals surface area contributed by atoms with Crippen LogP contribution in [0.2, 0.25) is 5.02 Å². The van der Waals surface area contributed by atoms with Gasteiger partial charge in [-0.3, -0.25) is 14.4 Å². The van der Waals surface area contributed by atoms with Crippen molar-refractivity contribution in [3.05, 3.63) is 76.8 Å². The average molecular weight is 478 g/mol. The fourth-order valence-corrected chi connectivity index (χ4v) is 4.68. The Hall–Kier alpha value is -3.38. The molecule has 0 spiro atoms. The minimum absolute atomic E-state index is 0.0364. The van der Waals surface area contributed by atoms with Gasteiger partial charge in [0, 0.05) is 42.0 Å². The maximum Gasteiger partial charge on any atom is 0.258 e. The Bertz CT molecular complexity index is 1240. The molecule has 3 aromatic rings. The van der Waals surface area contributed by atoms with E-state index in [4.69, 9.17) is 11.6 Å². The van der Waals surface area contributed by atoms with Gasteiger partial charge in [0.05, 0.1) is 5.69 Å². The normalized spacial score (nSPS) is 13.3. The molecule has 34 heavy (non-hydrogen) atoms. The fourth-order valence-electron chi connectivity index (χ4n) is 4.47. The molecule has 1 heterocycles. The third-order valence-electron chi connectivity index (χ3n) is 6.18. The molecule has 1 atom stereocenters. The minimum atomic E-state index is -0.627. The topological polar surface area (TPSA) is 69.7 Å². The number of nitrogens with one attached hydrogen (secondary N) is 1. The molecule has 0 aliphatic carbocycles. The van der Waals surface area contributed by atoms with Gasteiger partial charge >= 0.3 is 0 Å². The molecule has 0 saturated heterocycles. The summed E-state index contributed by atoms with van der Waals surface area (Å²) in [5.41, 5.74) is 2.44. The van der Waals surface area contributed by atoms with Crippen molar-refractivity contribution in [2.24, 2.45) is 0 Å². The van der Waals surface area contributed by atoms with Crippen molar-refractivity contribution in [1.29, 1.82) is 0 Å². The lowest BCUT2D eigenvalue weighted by Gasteiger charge is -2.29. The van der Waals surface area contributed by atoms with E-state index >= 15 is 0 Å². The summed E-state index contributed by atoms with van der Waals surface area (Å²) in [5, 5.41) is 5.37. The van der Waals surface area contributed by atoms with Gasteiger partial charge in [0.2, 0.25) is 11.8 Å². The first-order valence-electron chi connectivity index (χ1n) is 11.6. The van der Waals surface area contributed by atoms with Crippen LogP contribution in [0.1, 0.15) is 42.6 Å². The van der Waals surface area contributed by atoms with E-state index in [0.29, 0.717) is 30.1 Å². The third kappa shape index (κ3) is 4.77. The van der Waals surface area contributed by atoms with E-state index in [2.05, 4.69) is 5.32 Å². The molecule has 0 radical (unpaired) electrons. The molecule has 3 aromatic carbocycles. The molecule has 0 aromatic heterocycles. The average Bonchev–Trinajstić information content (AvgIpc) is 3.10. The Labute approximate surface area is 204 Å². The smallest absolute Gasteiger partial charge is 0.258 e. The van der Waals surface area contributed by atoms with Gasteiger partial charge in [-0.2, -0.15) is 0 Å². The fraction of sp³-hybridized carbons (Fsp3) is 0.296. The minimum Gasteiger partial charge on any atom is -0.355 e. The molecule has 0 saturated carbocycles. The van der Waals surface area contributed by atoms with Gasteiger partial charge in [-0.1, -0.05) is 48.0 Å². The molecule has 0 bridgehead atoms. The summed E-state index contributed by atoms with van der Waals surface area (Å²) >= 11 is 6.12. The van der Waals surface area contributed by atoms with E-state index in [1.165, 1.54) is 0 Å². The zero-order chi connectivity index (χ0) is 24.2. The van der Waals surface area contributed by atoms with Gasteiger partial charge in [0.25, 0.3) is 5.91 Å². The highest BCUT2D eigenvalue weighted by molar-refractivity contribution is 6.30. The molecule has 176 valence electrons. The number of likely N-dealkylation sites (N-methyl/N-ethyl adjacent to an activating group) is 1. The maximum atomic E-state index is 13.3. The number of carbonyl (C=O) groups excluding carboxylic acids is 3. The highest BCUT2D eigenvalue weighted by atomic mass is 35.5. The summed E-state index contributed by atoms with van der Waals surface area (Å²) < 4.78 is 0. The second-order valence-electron chi connectivity index (χ2n) is 8.46. The Morgan fingerprint density at radius 1 is 1.09 bits per heavy atom. The van der Waals surface area contributed by atoms with Crippen molar-refractivity contribution in [3.8, 4) is 0 Å². The Balaban J connectivity index is 1.46. The number of rotatable bonds is 9. The third-order valence-corrected chi connectivity index (χ3v) is 6.42. The lowest BCUT2D eigenvalue weighted by atomic mass is 10.1. The number of carbonyl (C=O) groups is 3. The number of nitrogens with zero attached hydrogens (tertiary/aromatic N) is 2. The number of hydrogen-bond acceptors (Lipinski definition) is 3. The summed E-state index contributed by atoms with van der Waals surface area (Å²) in [6, 6.07) is 18.3. The first-order valence-corrected chi connectivity index (χ1v) is 11.9. The van der Waals surface area contributed by atoms with Crippen LogP contribution in [0.15, 0.2) is 60.7 Å². The van der Waals surface area contributed by atoms with Gasteiger partial charge in [-0.25, -0.2) is 0 Å². The van der Waals surface area contributed by atoms with Gasteiger partial charge in [-0.15, -0.1) is 0 Å². The Kier molecular flexibility index (Phi) is 7.17. The van der Waals surface area contributed by atoms with Crippen LogP contribution in [0.25, 0.3) is 10.8 Å². The number of hydrogen-bond donors (Lipinski definition) is 1.